The monoisotopic (exact) mass is 269 g/mol. The van der Waals surface area contributed by atoms with E-state index in [1.165, 1.54) is 0 Å². The lowest BCUT2D eigenvalue weighted by Crippen LogP contribution is -2.42. The molecule has 0 aliphatic carbocycles. The number of amides is 1. The maximum atomic E-state index is 12.0. The van der Waals surface area contributed by atoms with Gasteiger partial charge in [0.1, 0.15) is 5.60 Å². The summed E-state index contributed by atoms with van der Waals surface area (Å²) in [7, 11) is 0. The number of likely N-dealkylation sites (tertiary alicyclic amines) is 1. The van der Waals surface area contributed by atoms with Crippen molar-refractivity contribution in [3.8, 4) is 0 Å². The summed E-state index contributed by atoms with van der Waals surface area (Å²) in [5, 5.41) is 3.69. The summed E-state index contributed by atoms with van der Waals surface area (Å²) in [5.74, 6) is -0.0737. The minimum absolute atomic E-state index is 0.00674. The predicted octanol–water partition coefficient (Wildman–Crippen LogP) is 1.48. The molecule has 1 aliphatic heterocycles. The molecular formula is C12H19N3O4. The van der Waals surface area contributed by atoms with Gasteiger partial charge in [0, 0.05) is 19.0 Å². The zero-order valence-electron chi connectivity index (χ0n) is 11.4. The minimum Gasteiger partial charge on any atom is -0.444 e. The summed E-state index contributed by atoms with van der Waals surface area (Å²) in [6, 6.07) is 0. The second-order valence-electron chi connectivity index (χ2n) is 5.75. The van der Waals surface area contributed by atoms with Crippen LogP contribution in [-0.4, -0.2) is 39.8 Å². The number of hydrogen-bond acceptors (Lipinski definition) is 5. The number of piperidine rings is 1. The van der Waals surface area contributed by atoms with E-state index in [1.807, 2.05) is 20.8 Å². The number of carbonyl (C=O) groups excluding carboxylic acids is 1. The summed E-state index contributed by atoms with van der Waals surface area (Å²) in [6.45, 7) is 6.65. The molecule has 1 amide bonds. The summed E-state index contributed by atoms with van der Waals surface area (Å²) in [4.78, 5) is 27.1. The van der Waals surface area contributed by atoms with Crippen LogP contribution in [0.15, 0.2) is 9.32 Å². The van der Waals surface area contributed by atoms with Crippen molar-refractivity contribution in [2.45, 2.75) is 45.1 Å². The molecule has 0 bridgehead atoms. The van der Waals surface area contributed by atoms with E-state index in [-0.39, 0.29) is 12.0 Å². The van der Waals surface area contributed by atoms with E-state index in [9.17, 15) is 9.59 Å². The molecule has 1 saturated heterocycles. The van der Waals surface area contributed by atoms with Gasteiger partial charge in [-0.3, -0.25) is 9.51 Å². The van der Waals surface area contributed by atoms with E-state index < -0.39 is 11.4 Å². The zero-order chi connectivity index (χ0) is 14.0. The molecule has 0 saturated carbocycles. The van der Waals surface area contributed by atoms with Crippen LogP contribution in [0, 0.1) is 0 Å². The highest BCUT2D eigenvalue weighted by atomic mass is 16.6. The van der Waals surface area contributed by atoms with Gasteiger partial charge in [-0.05, 0) is 33.6 Å². The number of nitrogens with one attached hydrogen (secondary N) is 1. The van der Waals surface area contributed by atoms with Gasteiger partial charge in [-0.15, -0.1) is 0 Å². The Kier molecular flexibility index (Phi) is 3.64. The fraction of sp³-hybridized carbons (Fsp3) is 0.750. The fourth-order valence-electron chi connectivity index (χ4n) is 2.11. The van der Waals surface area contributed by atoms with Gasteiger partial charge in [0.2, 0.25) is 0 Å². The van der Waals surface area contributed by atoms with Gasteiger partial charge in [0.05, 0.1) is 0 Å². The summed E-state index contributed by atoms with van der Waals surface area (Å²) < 4.78 is 9.84. The predicted molar refractivity (Wildman–Crippen MR) is 66.9 cm³/mol. The highest BCUT2D eigenvalue weighted by Gasteiger charge is 2.30. The highest BCUT2D eigenvalue weighted by Crippen LogP contribution is 2.25. The van der Waals surface area contributed by atoms with E-state index >= 15 is 0 Å². The SMILES string of the molecule is CC(C)(C)OC(=O)N1CCC[C@@H](c2noc(=O)[nH]2)C1. The van der Waals surface area contributed by atoms with Crippen LogP contribution in [0.1, 0.15) is 45.4 Å². The van der Waals surface area contributed by atoms with Gasteiger partial charge in [-0.2, -0.15) is 0 Å². The Balaban J connectivity index is 2.01. The quantitative estimate of drug-likeness (QED) is 0.834. The van der Waals surface area contributed by atoms with Gasteiger partial charge in [0.25, 0.3) is 0 Å². The average Bonchev–Trinajstić information content (AvgIpc) is 2.74. The topological polar surface area (TPSA) is 88.4 Å². The maximum absolute atomic E-state index is 12.0. The molecule has 1 aromatic heterocycles. The maximum Gasteiger partial charge on any atom is 0.438 e. The molecule has 0 radical (unpaired) electrons. The minimum atomic E-state index is -0.565. The van der Waals surface area contributed by atoms with E-state index in [4.69, 9.17) is 4.74 Å². The van der Waals surface area contributed by atoms with Crippen molar-refractivity contribution in [2.75, 3.05) is 13.1 Å². The highest BCUT2D eigenvalue weighted by molar-refractivity contribution is 5.68. The van der Waals surface area contributed by atoms with Crippen LogP contribution < -0.4 is 5.76 Å². The van der Waals surface area contributed by atoms with Gasteiger partial charge in [0.15, 0.2) is 5.82 Å². The third kappa shape index (κ3) is 3.59. The van der Waals surface area contributed by atoms with Crippen molar-refractivity contribution in [3.05, 3.63) is 16.4 Å². The molecule has 0 aromatic carbocycles. The van der Waals surface area contributed by atoms with Crippen molar-refractivity contribution in [1.82, 2.24) is 15.0 Å². The Morgan fingerprint density at radius 1 is 1.53 bits per heavy atom. The molecule has 1 atom stereocenters. The first-order valence-electron chi connectivity index (χ1n) is 6.39. The molecule has 2 heterocycles. The first kappa shape index (κ1) is 13.6. The average molecular weight is 269 g/mol. The molecule has 106 valence electrons. The normalized spacial score (nSPS) is 20.4. The van der Waals surface area contributed by atoms with E-state index in [0.717, 1.165) is 12.8 Å². The van der Waals surface area contributed by atoms with Crippen molar-refractivity contribution < 1.29 is 14.1 Å². The second kappa shape index (κ2) is 5.07. The van der Waals surface area contributed by atoms with E-state index in [2.05, 4.69) is 14.7 Å². The third-order valence-electron chi connectivity index (χ3n) is 2.92. The Morgan fingerprint density at radius 2 is 2.26 bits per heavy atom. The number of aromatic amines is 1. The number of H-pyrrole nitrogens is 1. The van der Waals surface area contributed by atoms with Gasteiger partial charge >= 0.3 is 11.8 Å². The number of aromatic nitrogens is 2. The van der Waals surface area contributed by atoms with Gasteiger partial charge in [-0.25, -0.2) is 9.59 Å². The number of ether oxygens (including phenoxy) is 1. The summed E-state index contributed by atoms with van der Waals surface area (Å²) in [5.41, 5.74) is -0.508. The number of nitrogens with zero attached hydrogens (tertiary/aromatic N) is 2. The summed E-state index contributed by atoms with van der Waals surface area (Å²) in [6.07, 6.45) is 1.38. The smallest absolute Gasteiger partial charge is 0.438 e. The molecule has 1 fully saturated rings. The second-order valence-corrected chi connectivity index (χ2v) is 5.75. The molecule has 0 unspecified atom stereocenters. The largest absolute Gasteiger partial charge is 0.444 e. The Labute approximate surface area is 110 Å². The van der Waals surface area contributed by atoms with Crippen LogP contribution in [-0.2, 0) is 4.74 Å². The molecular weight excluding hydrogens is 250 g/mol. The van der Waals surface area contributed by atoms with Crippen molar-refractivity contribution in [1.29, 1.82) is 0 Å². The number of rotatable bonds is 1. The molecule has 1 aliphatic rings. The van der Waals surface area contributed by atoms with Crippen LogP contribution >= 0.6 is 0 Å². The van der Waals surface area contributed by atoms with Crippen molar-refractivity contribution in [2.24, 2.45) is 0 Å². The van der Waals surface area contributed by atoms with E-state index in [1.54, 1.807) is 4.90 Å². The molecule has 2 rings (SSSR count). The fourth-order valence-corrected chi connectivity index (χ4v) is 2.11. The lowest BCUT2D eigenvalue weighted by molar-refractivity contribution is 0.0195. The van der Waals surface area contributed by atoms with Gasteiger partial charge < -0.3 is 9.64 Å². The molecule has 7 nitrogen and oxygen atoms in total. The molecule has 1 N–H and O–H groups in total. The van der Waals surface area contributed by atoms with Crippen LogP contribution in [0.4, 0.5) is 4.79 Å². The molecule has 0 spiro atoms. The van der Waals surface area contributed by atoms with Crippen molar-refractivity contribution >= 4 is 6.09 Å². The zero-order valence-corrected chi connectivity index (χ0v) is 11.4. The first-order chi connectivity index (χ1) is 8.85. The molecule has 1 aromatic rings. The Bertz CT molecular complexity index is 500. The number of hydrogen-bond donors (Lipinski definition) is 1. The van der Waals surface area contributed by atoms with Crippen LogP contribution in [0.3, 0.4) is 0 Å². The third-order valence-corrected chi connectivity index (χ3v) is 2.92. The van der Waals surface area contributed by atoms with Crippen LogP contribution in [0.5, 0.6) is 0 Å². The molecule has 19 heavy (non-hydrogen) atoms. The van der Waals surface area contributed by atoms with Gasteiger partial charge in [-0.1, -0.05) is 5.16 Å². The lowest BCUT2D eigenvalue weighted by atomic mass is 9.98. The number of carbonyl (C=O) groups is 1. The van der Waals surface area contributed by atoms with Crippen LogP contribution in [0.25, 0.3) is 0 Å². The van der Waals surface area contributed by atoms with Crippen LogP contribution in [0.2, 0.25) is 0 Å². The standard InChI is InChI=1S/C12H19N3O4/c1-12(2,3)18-11(17)15-6-4-5-8(7-15)9-13-10(16)19-14-9/h8H,4-7H2,1-3H3,(H,13,14,16)/t8-/m1/s1. The Morgan fingerprint density at radius 3 is 2.84 bits per heavy atom. The lowest BCUT2D eigenvalue weighted by Gasteiger charge is -2.33. The van der Waals surface area contributed by atoms with E-state index in [0.29, 0.717) is 18.9 Å². The summed E-state index contributed by atoms with van der Waals surface area (Å²) >= 11 is 0. The Hall–Kier alpha value is -1.79. The first-order valence-corrected chi connectivity index (χ1v) is 6.39. The molecule has 7 heteroatoms. The van der Waals surface area contributed by atoms with Crippen molar-refractivity contribution in [3.63, 3.8) is 0 Å².